The van der Waals surface area contributed by atoms with Crippen molar-refractivity contribution >= 4 is 11.9 Å². The zero-order valence-corrected chi connectivity index (χ0v) is 9.39. The summed E-state index contributed by atoms with van der Waals surface area (Å²) in [5, 5.41) is 9.64. The van der Waals surface area contributed by atoms with E-state index in [9.17, 15) is 9.50 Å². The summed E-state index contributed by atoms with van der Waals surface area (Å²) in [6.45, 7) is 1.90. The summed E-state index contributed by atoms with van der Waals surface area (Å²) in [4.78, 5) is 4.15. The zero-order valence-electron chi connectivity index (χ0n) is 9.39. The Morgan fingerprint density at radius 1 is 1.12 bits per heavy atom. The van der Waals surface area contributed by atoms with Crippen molar-refractivity contribution in [2.45, 2.75) is 6.92 Å². The van der Waals surface area contributed by atoms with E-state index in [1.54, 1.807) is 30.5 Å². The molecule has 17 heavy (non-hydrogen) atoms. The summed E-state index contributed by atoms with van der Waals surface area (Å²) in [5.74, 6) is -0.135. The number of nitrogens with zero attached hydrogens (tertiary/aromatic N) is 1. The van der Waals surface area contributed by atoms with Gasteiger partial charge in [-0.15, -0.1) is 0 Å². The lowest BCUT2D eigenvalue weighted by atomic mass is 10.2. The van der Waals surface area contributed by atoms with Crippen LogP contribution in [0.5, 0.6) is 5.75 Å². The molecule has 0 aliphatic rings. The molecule has 2 aromatic rings. The summed E-state index contributed by atoms with van der Waals surface area (Å²) in [5.41, 5.74) is 2.26. The summed E-state index contributed by atoms with van der Waals surface area (Å²) in [6.07, 6.45) is 1.59. The number of hydrogen-bond donors (Lipinski definition) is 1. The number of aromatic hydroxyl groups is 1. The summed E-state index contributed by atoms with van der Waals surface area (Å²) < 4.78 is 12.7. The van der Waals surface area contributed by atoms with Crippen LogP contribution in [0.25, 0.3) is 0 Å². The third kappa shape index (κ3) is 2.91. The Morgan fingerprint density at radius 3 is 2.47 bits per heavy atom. The van der Waals surface area contributed by atoms with E-state index in [4.69, 9.17) is 0 Å². The van der Waals surface area contributed by atoms with Gasteiger partial charge in [0, 0.05) is 6.21 Å². The van der Waals surface area contributed by atoms with Crippen LogP contribution in [0.2, 0.25) is 0 Å². The molecule has 0 amide bonds. The molecule has 0 aromatic heterocycles. The smallest absolute Gasteiger partial charge is 0.141 e. The van der Waals surface area contributed by atoms with E-state index < -0.39 is 0 Å². The molecule has 2 rings (SSSR count). The molecule has 0 fully saturated rings. The molecule has 86 valence electrons. The van der Waals surface area contributed by atoms with Gasteiger partial charge in [-0.3, -0.25) is 4.99 Å². The summed E-state index contributed by atoms with van der Waals surface area (Å²) >= 11 is 0. The van der Waals surface area contributed by atoms with Gasteiger partial charge in [0.05, 0.1) is 0 Å². The first-order chi connectivity index (χ1) is 8.15. The van der Waals surface area contributed by atoms with Gasteiger partial charge in [0.2, 0.25) is 0 Å². The van der Waals surface area contributed by atoms with Gasteiger partial charge in [0.25, 0.3) is 0 Å². The number of hydrogen-bond acceptors (Lipinski definition) is 2. The number of phenols is 1. The van der Waals surface area contributed by atoms with Crippen molar-refractivity contribution in [3.05, 3.63) is 59.4 Å². The van der Waals surface area contributed by atoms with Gasteiger partial charge in [-0.05, 0) is 42.3 Å². The second-order valence-electron chi connectivity index (χ2n) is 3.80. The van der Waals surface area contributed by atoms with Crippen LogP contribution in [0.3, 0.4) is 0 Å². The summed E-state index contributed by atoms with van der Waals surface area (Å²) in [6, 6.07) is 11.3. The second kappa shape index (κ2) is 4.78. The molecule has 0 atom stereocenters. The maximum atomic E-state index is 12.7. The highest BCUT2D eigenvalue weighted by molar-refractivity contribution is 5.82. The molecule has 2 aromatic carbocycles. The quantitative estimate of drug-likeness (QED) is 0.784. The SMILES string of the molecule is Cc1ccc(N=Cc2ccc(F)cc2)c(O)c1. The maximum Gasteiger partial charge on any atom is 0.141 e. The Labute approximate surface area is 99.1 Å². The van der Waals surface area contributed by atoms with Crippen LogP contribution in [0.4, 0.5) is 10.1 Å². The third-order valence-electron chi connectivity index (χ3n) is 2.35. The Balaban J connectivity index is 2.23. The monoisotopic (exact) mass is 229 g/mol. The highest BCUT2D eigenvalue weighted by Crippen LogP contribution is 2.26. The third-order valence-corrected chi connectivity index (χ3v) is 2.35. The average molecular weight is 229 g/mol. The van der Waals surface area contributed by atoms with Crippen LogP contribution in [0, 0.1) is 12.7 Å². The molecular formula is C14H12FNO. The second-order valence-corrected chi connectivity index (χ2v) is 3.80. The van der Waals surface area contributed by atoms with Crippen LogP contribution >= 0.6 is 0 Å². The predicted octanol–water partition coefficient (Wildman–Crippen LogP) is 3.59. The minimum atomic E-state index is -0.277. The lowest BCUT2D eigenvalue weighted by Gasteiger charge is -1.99. The predicted molar refractivity (Wildman–Crippen MR) is 66.5 cm³/mol. The number of rotatable bonds is 2. The van der Waals surface area contributed by atoms with Crippen molar-refractivity contribution in [1.82, 2.24) is 0 Å². The maximum absolute atomic E-state index is 12.7. The van der Waals surface area contributed by atoms with Crippen molar-refractivity contribution in [3.8, 4) is 5.75 Å². The Kier molecular flexibility index (Phi) is 3.19. The van der Waals surface area contributed by atoms with Gasteiger partial charge >= 0.3 is 0 Å². The number of benzene rings is 2. The fraction of sp³-hybridized carbons (Fsp3) is 0.0714. The van der Waals surface area contributed by atoms with Gasteiger partial charge in [-0.25, -0.2) is 4.39 Å². The highest BCUT2D eigenvalue weighted by Gasteiger charge is 1.98. The van der Waals surface area contributed by atoms with Gasteiger partial charge in [0.1, 0.15) is 17.3 Å². The fourth-order valence-corrected chi connectivity index (χ4v) is 1.44. The largest absolute Gasteiger partial charge is 0.506 e. The minimum Gasteiger partial charge on any atom is -0.506 e. The number of aryl methyl sites for hydroxylation is 1. The van der Waals surface area contributed by atoms with E-state index >= 15 is 0 Å². The molecule has 0 spiro atoms. The van der Waals surface area contributed by atoms with Crippen molar-refractivity contribution < 1.29 is 9.50 Å². The van der Waals surface area contributed by atoms with E-state index in [2.05, 4.69) is 4.99 Å². The zero-order chi connectivity index (χ0) is 12.3. The Morgan fingerprint density at radius 2 is 1.82 bits per heavy atom. The Bertz CT molecular complexity index is 547. The molecule has 2 nitrogen and oxygen atoms in total. The van der Waals surface area contributed by atoms with Crippen LogP contribution in [0.1, 0.15) is 11.1 Å². The molecular weight excluding hydrogens is 217 g/mol. The van der Waals surface area contributed by atoms with Crippen molar-refractivity contribution in [1.29, 1.82) is 0 Å². The number of phenolic OH excluding ortho intramolecular Hbond substituents is 1. The lowest BCUT2D eigenvalue weighted by Crippen LogP contribution is -1.81. The first-order valence-corrected chi connectivity index (χ1v) is 5.24. The van der Waals surface area contributed by atoms with Gasteiger partial charge < -0.3 is 5.11 Å². The van der Waals surface area contributed by atoms with Crippen molar-refractivity contribution in [3.63, 3.8) is 0 Å². The molecule has 0 aliphatic heterocycles. The van der Waals surface area contributed by atoms with E-state index in [1.165, 1.54) is 12.1 Å². The summed E-state index contributed by atoms with van der Waals surface area (Å²) in [7, 11) is 0. The number of aliphatic imine (C=N–C) groups is 1. The topological polar surface area (TPSA) is 32.6 Å². The lowest BCUT2D eigenvalue weighted by molar-refractivity contribution is 0.476. The van der Waals surface area contributed by atoms with Crippen molar-refractivity contribution in [2.24, 2.45) is 4.99 Å². The molecule has 3 heteroatoms. The molecule has 0 heterocycles. The molecule has 1 N–H and O–H groups in total. The Hall–Kier alpha value is -2.16. The molecule has 0 radical (unpaired) electrons. The molecule has 0 saturated carbocycles. The first-order valence-electron chi connectivity index (χ1n) is 5.24. The van der Waals surface area contributed by atoms with Crippen LogP contribution in [0.15, 0.2) is 47.5 Å². The van der Waals surface area contributed by atoms with Crippen LogP contribution in [-0.4, -0.2) is 11.3 Å². The molecule has 0 saturated heterocycles. The van der Waals surface area contributed by atoms with Gasteiger partial charge in [-0.2, -0.15) is 0 Å². The van der Waals surface area contributed by atoms with Gasteiger partial charge in [-0.1, -0.05) is 18.2 Å². The fourth-order valence-electron chi connectivity index (χ4n) is 1.44. The van der Waals surface area contributed by atoms with Crippen molar-refractivity contribution in [2.75, 3.05) is 0 Å². The van der Waals surface area contributed by atoms with E-state index in [0.29, 0.717) is 5.69 Å². The van der Waals surface area contributed by atoms with E-state index in [0.717, 1.165) is 11.1 Å². The standard InChI is InChI=1S/C14H12FNO/c1-10-2-7-13(14(17)8-10)16-9-11-3-5-12(15)6-4-11/h2-9,17H,1H3. The molecule has 0 unspecified atom stereocenters. The van der Waals surface area contributed by atoms with E-state index in [-0.39, 0.29) is 11.6 Å². The highest BCUT2D eigenvalue weighted by atomic mass is 19.1. The molecule has 0 aliphatic carbocycles. The van der Waals surface area contributed by atoms with Crippen LogP contribution in [-0.2, 0) is 0 Å². The number of halogens is 1. The normalized spacial score (nSPS) is 10.9. The molecule has 0 bridgehead atoms. The first kappa shape index (κ1) is 11.3. The minimum absolute atomic E-state index is 0.142. The average Bonchev–Trinajstić information content (AvgIpc) is 2.30. The van der Waals surface area contributed by atoms with E-state index in [1.807, 2.05) is 13.0 Å². The van der Waals surface area contributed by atoms with Gasteiger partial charge in [0.15, 0.2) is 0 Å². The van der Waals surface area contributed by atoms with Crippen LogP contribution < -0.4 is 0 Å².